The Balaban J connectivity index is 2.85. The first kappa shape index (κ1) is 11.7. The van der Waals surface area contributed by atoms with Gasteiger partial charge in [0, 0.05) is 6.92 Å². The van der Waals surface area contributed by atoms with E-state index in [-0.39, 0.29) is 11.9 Å². The van der Waals surface area contributed by atoms with Crippen molar-refractivity contribution in [2.75, 3.05) is 0 Å². The molecule has 0 aliphatic heterocycles. The van der Waals surface area contributed by atoms with E-state index in [0.717, 1.165) is 5.56 Å². The molecule has 0 heterocycles. The second-order valence-electron chi connectivity index (χ2n) is 3.47. The summed E-state index contributed by atoms with van der Waals surface area (Å²) in [6.45, 7) is 3.28. The molecule has 0 radical (unpaired) electrons. The van der Waals surface area contributed by atoms with E-state index in [0.29, 0.717) is 5.46 Å². The number of carbonyl (C=O) groups is 1. The Morgan fingerprint density at radius 1 is 1.47 bits per heavy atom. The Hall–Kier alpha value is -1.33. The first-order valence-electron chi connectivity index (χ1n) is 4.74. The van der Waals surface area contributed by atoms with Gasteiger partial charge < -0.3 is 15.4 Å². The van der Waals surface area contributed by atoms with E-state index < -0.39 is 7.12 Å². The van der Waals surface area contributed by atoms with E-state index in [1.54, 1.807) is 18.2 Å². The first-order valence-corrected chi connectivity index (χ1v) is 4.74. The molecule has 1 aromatic carbocycles. The summed E-state index contributed by atoms with van der Waals surface area (Å²) in [7, 11) is -1.48. The average molecular weight is 207 g/mol. The summed E-state index contributed by atoms with van der Waals surface area (Å²) in [6, 6.07) is 6.69. The lowest BCUT2D eigenvalue weighted by atomic mass is 9.79. The van der Waals surface area contributed by atoms with Crippen LogP contribution in [0.1, 0.15) is 25.5 Å². The molecule has 5 heteroatoms. The zero-order chi connectivity index (χ0) is 11.4. The van der Waals surface area contributed by atoms with Gasteiger partial charge in [-0.25, -0.2) is 0 Å². The van der Waals surface area contributed by atoms with Gasteiger partial charge >= 0.3 is 7.12 Å². The number of benzene rings is 1. The van der Waals surface area contributed by atoms with Crippen molar-refractivity contribution in [2.24, 2.45) is 0 Å². The van der Waals surface area contributed by atoms with Crippen LogP contribution in [0.3, 0.4) is 0 Å². The minimum Gasteiger partial charge on any atom is -0.423 e. The Morgan fingerprint density at radius 2 is 2.13 bits per heavy atom. The second-order valence-corrected chi connectivity index (χ2v) is 3.47. The van der Waals surface area contributed by atoms with Gasteiger partial charge in [0.2, 0.25) is 5.91 Å². The van der Waals surface area contributed by atoms with E-state index in [9.17, 15) is 4.79 Å². The van der Waals surface area contributed by atoms with Crippen molar-refractivity contribution in [1.82, 2.24) is 5.32 Å². The highest BCUT2D eigenvalue weighted by Gasteiger charge is 2.13. The molecule has 0 bridgehead atoms. The lowest BCUT2D eigenvalue weighted by molar-refractivity contribution is -0.119. The summed E-state index contributed by atoms with van der Waals surface area (Å²) in [4.78, 5) is 10.8. The van der Waals surface area contributed by atoms with Gasteiger partial charge in [0.05, 0.1) is 6.04 Å². The van der Waals surface area contributed by atoms with Crippen molar-refractivity contribution < 1.29 is 14.8 Å². The number of hydrogen-bond donors (Lipinski definition) is 3. The zero-order valence-electron chi connectivity index (χ0n) is 8.77. The van der Waals surface area contributed by atoms with Crippen LogP contribution < -0.4 is 10.8 Å². The Labute approximate surface area is 89.1 Å². The van der Waals surface area contributed by atoms with Gasteiger partial charge in [-0.3, -0.25) is 4.79 Å². The molecule has 0 saturated heterocycles. The van der Waals surface area contributed by atoms with Crippen LogP contribution in [0.5, 0.6) is 0 Å². The third-order valence-electron chi connectivity index (χ3n) is 2.13. The maximum Gasteiger partial charge on any atom is 0.488 e. The van der Waals surface area contributed by atoms with Crippen LogP contribution in [-0.2, 0) is 4.79 Å². The molecule has 3 N–H and O–H groups in total. The van der Waals surface area contributed by atoms with Gasteiger partial charge in [-0.2, -0.15) is 0 Å². The molecule has 80 valence electrons. The fraction of sp³-hybridized carbons (Fsp3) is 0.300. The Morgan fingerprint density at radius 3 is 2.67 bits per heavy atom. The molecule has 1 aromatic rings. The van der Waals surface area contributed by atoms with E-state index in [1.807, 2.05) is 13.0 Å². The highest BCUT2D eigenvalue weighted by Crippen LogP contribution is 2.09. The van der Waals surface area contributed by atoms with Crippen molar-refractivity contribution in [3.8, 4) is 0 Å². The van der Waals surface area contributed by atoms with Crippen molar-refractivity contribution in [2.45, 2.75) is 19.9 Å². The molecular formula is C10H14BNO3. The zero-order valence-corrected chi connectivity index (χ0v) is 8.77. The minimum atomic E-state index is -1.48. The second kappa shape index (κ2) is 4.95. The summed E-state index contributed by atoms with van der Waals surface area (Å²) >= 11 is 0. The molecule has 0 fully saturated rings. The maximum atomic E-state index is 10.8. The molecule has 1 unspecified atom stereocenters. The monoisotopic (exact) mass is 207 g/mol. The smallest absolute Gasteiger partial charge is 0.423 e. The normalized spacial score (nSPS) is 12.0. The molecule has 1 atom stereocenters. The van der Waals surface area contributed by atoms with Gasteiger partial charge in [-0.05, 0) is 17.9 Å². The highest BCUT2D eigenvalue weighted by atomic mass is 16.4. The molecule has 4 nitrogen and oxygen atoms in total. The average Bonchev–Trinajstić information content (AvgIpc) is 2.17. The summed E-state index contributed by atoms with van der Waals surface area (Å²) in [5.74, 6) is -0.113. The molecule has 0 spiro atoms. The predicted molar refractivity (Wildman–Crippen MR) is 58.5 cm³/mol. The lowest BCUT2D eigenvalue weighted by Crippen LogP contribution is -2.31. The standard InChI is InChI=1S/C10H14BNO3/c1-7(12-8(2)13)9-4-3-5-10(6-9)11(14)15/h3-7,14-15H,1-2H3,(H,12,13). The summed E-state index contributed by atoms with van der Waals surface area (Å²) in [5.41, 5.74) is 1.26. The fourth-order valence-electron chi connectivity index (χ4n) is 1.38. The molecule has 0 saturated carbocycles. The van der Waals surface area contributed by atoms with Gasteiger partial charge in [0.15, 0.2) is 0 Å². The van der Waals surface area contributed by atoms with Crippen molar-refractivity contribution in [1.29, 1.82) is 0 Å². The van der Waals surface area contributed by atoms with E-state index >= 15 is 0 Å². The fourth-order valence-corrected chi connectivity index (χ4v) is 1.38. The highest BCUT2D eigenvalue weighted by molar-refractivity contribution is 6.58. The third-order valence-corrected chi connectivity index (χ3v) is 2.13. The molecule has 1 amide bonds. The summed E-state index contributed by atoms with van der Waals surface area (Å²) in [5, 5.41) is 20.7. The van der Waals surface area contributed by atoms with Crippen molar-refractivity contribution >= 4 is 18.5 Å². The van der Waals surface area contributed by atoms with Crippen molar-refractivity contribution in [3.63, 3.8) is 0 Å². The Kier molecular flexibility index (Phi) is 3.88. The van der Waals surface area contributed by atoms with Crippen LogP contribution in [0, 0.1) is 0 Å². The van der Waals surface area contributed by atoms with Gasteiger partial charge in [0.25, 0.3) is 0 Å². The molecular weight excluding hydrogens is 193 g/mol. The molecule has 15 heavy (non-hydrogen) atoms. The predicted octanol–water partition coefficient (Wildman–Crippen LogP) is -0.436. The SMILES string of the molecule is CC(=O)NC(C)c1cccc(B(O)O)c1. The minimum absolute atomic E-state index is 0.113. The number of carbonyl (C=O) groups excluding carboxylic acids is 1. The number of hydrogen-bond acceptors (Lipinski definition) is 3. The summed E-state index contributed by atoms with van der Waals surface area (Å²) < 4.78 is 0. The Bertz CT molecular complexity index is 354. The van der Waals surface area contributed by atoms with Gasteiger partial charge in [-0.1, -0.05) is 24.3 Å². The van der Waals surface area contributed by atoms with Crippen LogP contribution in [0.15, 0.2) is 24.3 Å². The number of amides is 1. The van der Waals surface area contributed by atoms with Crippen LogP contribution >= 0.6 is 0 Å². The van der Waals surface area contributed by atoms with E-state index in [1.165, 1.54) is 6.92 Å². The maximum absolute atomic E-state index is 10.8. The van der Waals surface area contributed by atoms with E-state index in [2.05, 4.69) is 5.32 Å². The van der Waals surface area contributed by atoms with Gasteiger partial charge in [-0.15, -0.1) is 0 Å². The lowest BCUT2D eigenvalue weighted by Gasteiger charge is -2.13. The van der Waals surface area contributed by atoms with Crippen LogP contribution in [0.4, 0.5) is 0 Å². The van der Waals surface area contributed by atoms with Gasteiger partial charge in [0.1, 0.15) is 0 Å². The largest absolute Gasteiger partial charge is 0.488 e. The van der Waals surface area contributed by atoms with Crippen LogP contribution in [-0.4, -0.2) is 23.1 Å². The summed E-state index contributed by atoms with van der Waals surface area (Å²) in [6.07, 6.45) is 0. The number of nitrogens with one attached hydrogen (secondary N) is 1. The van der Waals surface area contributed by atoms with Crippen LogP contribution in [0.25, 0.3) is 0 Å². The third kappa shape index (κ3) is 3.38. The molecule has 0 aromatic heterocycles. The quantitative estimate of drug-likeness (QED) is 0.588. The van der Waals surface area contributed by atoms with Crippen molar-refractivity contribution in [3.05, 3.63) is 29.8 Å². The first-order chi connectivity index (χ1) is 7.00. The molecule has 0 aliphatic carbocycles. The number of rotatable bonds is 3. The molecule has 1 rings (SSSR count). The van der Waals surface area contributed by atoms with E-state index in [4.69, 9.17) is 10.0 Å². The van der Waals surface area contributed by atoms with Crippen LogP contribution in [0.2, 0.25) is 0 Å². The molecule has 0 aliphatic rings. The topological polar surface area (TPSA) is 69.6 Å².